The van der Waals surface area contributed by atoms with Crippen molar-refractivity contribution in [1.82, 2.24) is 10.2 Å². The number of aliphatic imine (C=N–C) groups is 2. The first-order valence-corrected chi connectivity index (χ1v) is 4.55. The third-order valence-electron chi connectivity index (χ3n) is 1.80. The molecule has 0 saturated carbocycles. The van der Waals surface area contributed by atoms with Gasteiger partial charge in [0.05, 0.1) is 7.11 Å². The highest BCUT2D eigenvalue weighted by Crippen LogP contribution is 2.10. The maximum atomic E-state index is 10.6. The van der Waals surface area contributed by atoms with Crippen LogP contribution in [0.5, 0.6) is 0 Å². The number of nitrogens with one attached hydrogen (secondary N) is 1. The zero-order valence-electron chi connectivity index (χ0n) is 9.78. The number of methoxy groups -OCH3 is 1. The first-order chi connectivity index (χ1) is 8.36. The molecule has 0 atom stereocenters. The Morgan fingerprint density at radius 1 is 1.28 bits per heavy atom. The summed E-state index contributed by atoms with van der Waals surface area (Å²) in [6.45, 7) is 0. The highest BCUT2D eigenvalue weighted by atomic mass is 16.7. The van der Waals surface area contributed by atoms with Crippen molar-refractivity contribution in [2.24, 2.45) is 9.98 Å². The average Bonchev–Trinajstić information content (AvgIpc) is 2.27. The van der Waals surface area contributed by atoms with E-state index in [2.05, 4.69) is 15.3 Å². The van der Waals surface area contributed by atoms with Gasteiger partial charge in [-0.25, -0.2) is 0 Å². The van der Waals surface area contributed by atoms with Crippen molar-refractivity contribution >= 4 is 12.0 Å². The Morgan fingerprint density at radius 3 is 2.22 bits per heavy atom. The van der Waals surface area contributed by atoms with Crippen LogP contribution < -0.4 is 5.32 Å². The van der Waals surface area contributed by atoms with Gasteiger partial charge >= 0.3 is 11.8 Å². The highest BCUT2D eigenvalue weighted by Gasteiger charge is 2.35. The van der Waals surface area contributed by atoms with E-state index in [4.69, 9.17) is 4.74 Å². The minimum absolute atomic E-state index is 0.137. The molecule has 0 saturated heterocycles. The van der Waals surface area contributed by atoms with E-state index < -0.39 is 21.5 Å². The van der Waals surface area contributed by atoms with E-state index in [1.807, 2.05) is 0 Å². The second-order valence-corrected chi connectivity index (χ2v) is 3.24. The molecule has 1 aliphatic heterocycles. The Kier molecular flexibility index (Phi) is 3.76. The van der Waals surface area contributed by atoms with Crippen molar-refractivity contribution in [3.8, 4) is 0 Å². The molecule has 0 bridgehead atoms. The molecule has 0 aromatic heterocycles. The minimum atomic E-state index is -1.28. The molecule has 11 nitrogen and oxygen atoms in total. The van der Waals surface area contributed by atoms with Crippen LogP contribution in [-0.2, 0) is 4.74 Å². The standard InChI is InChI=1S/C7H10N6O5/c1-11(2)6-8-4(9-7(10-6)18-3)5(12(14)15)13(16)17/h1-3H3,(H,8,9,10). The van der Waals surface area contributed by atoms with Gasteiger partial charge in [0.15, 0.2) is 0 Å². The van der Waals surface area contributed by atoms with Gasteiger partial charge in [0.25, 0.3) is 5.82 Å². The maximum Gasteiger partial charge on any atom is 0.602 e. The van der Waals surface area contributed by atoms with Crippen molar-refractivity contribution in [2.45, 2.75) is 0 Å². The average molecular weight is 258 g/mol. The van der Waals surface area contributed by atoms with Crippen molar-refractivity contribution in [1.29, 1.82) is 0 Å². The first-order valence-electron chi connectivity index (χ1n) is 4.55. The molecular formula is C7H10N6O5. The van der Waals surface area contributed by atoms with E-state index in [1.54, 1.807) is 14.1 Å². The summed E-state index contributed by atoms with van der Waals surface area (Å²) >= 11 is 0. The first kappa shape index (κ1) is 13.3. The molecule has 0 radical (unpaired) electrons. The van der Waals surface area contributed by atoms with Gasteiger partial charge in [0.1, 0.15) is 9.85 Å². The second-order valence-electron chi connectivity index (χ2n) is 3.24. The summed E-state index contributed by atoms with van der Waals surface area (Å²) < 4.78 is 4.73. The number of nitrogens with zero attached hydrogens (tertiary/aromatic N) is 5. The second kappa shape index (κ2) is 5.07. The largest absolute Gasteiger partial charge is 0.602 e. The van der Waals surface area contributed by atoms with E-state index in [0.717, 1.165) is 0 Å². The summed E-state index contributed by atoms with van der Waals surface area (Å²) in [7, 11) is 4.44. The van der Waals surface area contributed by atoms with Gasteiger partial charge in [-0.2, -0.15) is 9.98 Å². The lowest BCUT2D eigenvalue weighted by atomic mass is 10.6. The third-order valence-corrected chi connectivity index (χ3v) is 1.80. The number of rotatable bonds is 2. The smallest absolute Gasteiger partial charge is 0.467 e. The summed E-state index contributed by atoms with van der Waals surface area (Å²) in [6, 6.07) is -0.214. The zero-order valence-corrected chi connectivity index (χ0v) is 9.78. The van der Waals surface area contributed by atoms with Crippen molar-refractivity contribution in [3.63, 3.8) is 0 Å². The van der Waals surface area contributed by atoms with Crippen LogP contribution in [0, 0.1) is 20.2 Å². The Bertz CT molecular complexity index is 463. The summed E-state index contributed by atoms with van der Waals surface area (Å²) in [5.41, 5.74) is 0. The lowest BCUT2D eigenvalue weighted by molar-refractivity contribution is -0.617. The summed E-state index contributed by atoms with van der Waals surface area (Å²) in [4.78, 5) is 27.8. The van der Waals surface area contributed by atoms with Crippen molar-refractivity contribution in [3.05, 3.63) is 31.9 Å². The minimum Gasteiger partial charge on any atom is -0.467 e. The molecule has 0 amide bonds. The highest BCUT2D eigenvalue weighted by molar-refractivity contribution is 5.95. The van der Waals surface area contributed by atoms with Crippen LogP contribution in [0.1, 0.15) is 0 Å². The Labute approximate surface area is 101 Å². The maximum absolute atomic E-state index is 10.6. The molecule has 0 aromatic rings. The molecule has 18 heavy (non-hydrogen) atoms. The van der Waals surface area contributed by atoms with Gasteiger partial charge in [-0.15, -0.1) is 0 Å². The van der Waals surface area contributed by atoms with Crippen LogP contribution >= 0.6 is 0 Å². The molecule has 0 fully saturated rings. The van der Waals surface area contributed by atoms with Crippen LogP contribution in [0.2, 0.25) is 0 Å². The fourth-order valence-electron chi connectivity index (χ4n) is 1.02. The van der Waals surface area contributed by atoms with Gasteiger partial charge < -0.3 is 9.64 Å². The van der Waals surface area contributed by atoms with E-state index in [9.17, 15) is 20.2 Å². The van der Waals surface area contributed by atoms with Gasteiger partial charge in [-0.1, -0.05) is 0 Å². The van der Waals surface area contributed by atoms with Crippen LogP contribution in [0.3, 0.4) is 0 Å². The van der Waals surface area contributed by atoms with Crippen LogP contribution in [-0.4, -0.2) is 47.9 Å². The molecule has 0 unspecified atom stereocenters. The number of hydrogen-bond acceptors (Lipinski definition) is 9. The molecule has 0 spiro atoms. The van der Waals surface area contributed by atoms with Crippen LogP contribution in [0.25, 0.3) is 0 Å². The summed E-state index contributed by atoms with van der Waals surface area (Å²) in [6.07, 6.45) is 0. The van der Waals surface area contributed by atoms with Crippen molar-refractivity contribution in [2.75, 3.05) is 21.2 Å². The predicted octanol–water partition coefficient (Wildman–Crippen LogP) is -0.810. The number of guanidine groups is 1. The van der Waals surface area contributed by atoms with Crippen LogP contribution in [0.4, 0.5) is 0 Å². The van der Waals surface area contributed by atoms with E-state index in [1.165, 1.54) is 12.0 Å². The quantitative estimate of drug-likeness (QED) is 0.505. The fraction of sp³-hybridized carbons (Fsp3) is 0.429. The summed E-state index contributed by atoms with van der Waals surface area (Å²) in [5, 5.41) is 23.6. The third kappa shape index (κ3) is 2.69. The number of ether oxygens (including phenoxy) is 1. The predicted molar refractivity (Wildman–Crippen MR) is 59.7 cm³/mol. The molecule has 0 aliphatic carbocycles. The lowest BCUT2D eigenvalue weighted by Gasteiger charge is -2.19. The number of hydrogen-bond donors (Lipinski definition) is 1. The normalized spacial score (nSPS) is 14.1. The van der Waals surface area contributed by atoms with Gasteiger partial charge in [-0.05, 0) is 0 Å². The van der Waals surface area contributed by atoms with Crippen molar-refractivity contribution < 1.29 is 14.6 Å². The monoisotopic (exact) mass is 258 g/mol. The Balaban J connectivity index is 3.31. The van der Waals surface area contributed by atoms with Crippen LogP contribution in [0.15, 0.2) is 21.6 Å². The molecule has 1 heterocycles. The molecule has 1 aliphatic rings. The van der Waals surface area contributed by atoms with Gasteiger partial charge in [-0.3, -0.25) is 25.5 Å². The number of amidine groups is 1. The molecule has 98 valence electrons. The molecule has 1 rings (SSSR count). The van der Waals surface area contributed by atoms with E-state index in [0.29, 0.717) is 0 Å². The molecule has 0 aromatic carbocycles. The summed E-state index contributed by atoms with van der Waals surface area (Å²) in [5.74, 6) is -1.68. The zero-order chi connectivity index (χ0) is 13.9. The van der Waals surface area contributed by atoms with Gasteiger partial charge in [0, 0.05) is 14.1 Å². The Morgan fingerprint density at radius 2 is 1.83 bits per heavy atom. The number of nitro groups is 2. The van der Waals surface area contributed by atoms with E-state index in [-0.39, 0.29) is 12.0 Å². The fourth-order valence-corrected chi connectivity index (χ4v) is 1.02. The molecule has 1 N–H and O–H groups in total. The van der Waals surface area contributed by atoms with Gasteiger partial charge in [0.2, 0.25) is 5.96 Å². The SMILES string of the molecule is COC1=NC(=C([N+](=O)[O-])[N+](=O)[O-])NC(N(C)C)=N1. The topological polar surface area (TPSA) is 136 Å². The van der Waals surface area contributed by atoms with E-state index >= 15 is 0 Å². The Hall–Kier alpha value is -2.72. The molecular weight excluding hydrogens is 248 g/mol. The molecule has 11 heteroatoms. The lowest BCUT2D eigenvalue weighted by Crippen LogP contribution is -2.40.